The molecule has 0 amide bonds. The van der Waals surface area contributed by atoms with E-state index in [4.69, 9.17) is 0 Å². The fourth-order valence-electron chi connectivity index (χ4n) is 10.1. The zero-order valence-electron chi connectivity index (χ0n) is 34.1. The van der Waals surface area contributed by atoms with E-state index >= 15 is 0 Å². The molecule has 0 spiro atoms. The fraction of sp³-hybridized carbons (Fsp3) is 0.0508. The van der Waals surface area contributed by atoms with E-state index in [1.807, 2.05) is 11.3 Å². The van der Waals surface area contributed by atoms with E-state index < -0.39 is 0 Å². The van der Waals surface area contributed by atoms with E-state index in [1.165, 1.54) is 97.4 Å². The summed E-state index contributed by atoms with van der Waals surface area (Å²) in [6, 6.07) is 78.8. The van der Waals surface area contributed by atoms with Crippen LogP contribution in [0.4, 0.5) is 17.1 Å². The van der Waals surface area contributed by atoms with Crippen LogP contribution < -0.4 is 4.90 Å². The molecule has 0 saturated carbocycles. The van der Waals surface area contributed by atoms with Crippen molar-refractivity contribution in [3.8, 4) is 44.5 Å². The molecule has 1 aliphatic carbocycles. The minimum absolute atomic E-state index is 0.144. The molecule has 0 N–H and O–H groups in total. The molecule has 61 heavy (non-hydrogen) atoms. The summed E-state index contributed by atoms with van der Waals surface area (Å²) >= 11 is 1.88. The van der Waals surface area contributed by atoms with Crippen LogP contribution in [0.2, 0.25) is 0 Å². The topological polar surface area (TPSA) is 3.24 Å². The number of anilines is 3. The molecule has 11 aromatic rings. The number of hydrogen-bond acceptors (Lipinski definition) is 2. The lowest BCUT2D eigenvalue weighted by Gasteiger charge is -2.30. The van der Waals surface area contributed by atoms with Crippen LogP contribution in [-0.2, 0) is 5.41 Å². The van der Waals surface area contributed by atoms with Gasteiger partial charge in [-0.05, 0) is 114 Å². The van der Waals surface area contributed by atoms with Crippen LogP contribution in [0.25, 0.3) is 86.2 Å². The maximum absolute atomic E-state index is 2.50. The largest absolute Gasteiger partial charge is 0.310 e. The number of rotatable bonds is 6. The predicted molar refractivity (Wildman–Crippen MR) is 263 cm³/mol. The molecular weight excluding hydrogens is 755 g/mol. The lowest BCUT2D eigenvalue weighted by Crippen LogP contribution is -2.17. The van der Waals surface area contributed by atoms with E-state index in [-0.39, 0.29) is 5.41 Å². The number of benzene rings is 10. The Kier molecular flexibility index (Phi) is 8.13. The van der Waals surface area contributed by atoms with E-state index in [0.29, 0.717) is 0 Å². The molecule has 0 aliphatic heterocycles. The molecular formula is C59H41NS. The molecule has 1 aliphatic rings. The molecule has 2 heteroatoms. The smallest absolute Gasteiger partial charge is 0.0546 e. The van der Waals surface area contributed by atoms with E-state index in [2.05, 4.69) is 231 Å². The van der Waals surface area contributed by atoms with Crippen molar-refractivity contribution in [1.82, 2.24) is 0 Å². The van der Waals surface area contributed by atoms with Gasteiger partial charge < -0.3 is 4.90 Å². The molecule has 12 rings (SSSR count). The second-order valence-electron chi connectivity index (χ2n) is 16.9. The Bertz CT molecular complexity index is 3500. The predicted octanol–water partition coefficient (Wildman–Crippen LogP) is 17.1. The van der Waals surface area contributed by atoms with Gasteiger partial charge in [0.25, 0.3) is 0 Å². The van der Waals surface area contributed by atoms with E-state index in [1.54, 1.807) is 0 Å². The van der Waals surface area contributed by atoms with Gasteiger partial charge >= 0.3 is 0 Å². The number of hydrogen-bond donors (Lipinski definition) is 0. The monoisotopic (exact) mass is 795 g/mol. The zero-order valence-corrected chi connectivity index (χ0v) is 34.9. The minimum atomic E-state index is -0.144. The Morgan fingerprint density at radius 3 is 1.82 bits per heavy atom. The van der Waals surface area contributed by atoms with Crippen molar-refractivity contribution in [3.05, 3.63) is 223 Å². The van der Waals surface area contributed by atoms with Crippen molar-refractivity contribution >= 4 is 70.1 Å². The van der Waals surface area contributed by atoms with Gasteiger partial charge in [0.1, 0.15) is 0 Å². The lowest BCUT2D eigenvalue weighted by molar-refractivity contribution is 0.660. The van der Waals surface area contributed by atoms with Gasteiger partial charge in [-0.3, -0.25) is 0 Å². The molecule has 0 unspecified atom stereocenters. The molecule has 1 nitrogen and oxygen atoms in total. The van der Waals surface area contributed by atoms with Crippen molar-refractivity contribution in [1.29, 1.82) is 0 Å². The van der Waals surface area contributed by atoms with Gasteiger partial charge in [-0.15, -0.1) is 11.3 Å². The first-order valence-corrected chi connectivity index (χ1v) is 22.0. The fourth-order valence-corrected chi connectivity index (χ4v) is 11.3. The molecule has 288 valence electrons. The van der Waals surface area contributed by atoms with Gasteiger partial charge in [0.15, 0.2) is 0 Å². The molecule has 0 atom stereocenters. The first-order valence-electron chi connectivity index (χ1n) is 21.2. The van der Waals surface area contributed by atoms with Gasteiger partial charge in [0.05, 0.1) is 5.69 Å². The summed E-state index contributed by atoms with van der Waals surface area (Å²) in [6.45, 7) is 4.74. The SMILES string of the molecule is CC1(C)c2ccccc2-c2ccc(N(c3ccc(-c4cccc5c4sc4ccccc45)cc3)c3cc(-c4cc5ccccc5c5ccccc45)ccc3-c3ccccc3)cc21. The number of thiophene rings is 1. The van der Waals surface area contributed by atoms with Crippen LogP contribution >= 0.6 is 11.3 Å². The summed E-state index contributed by atoms with van der Waals surface area (Å²) in [5.41, 5.74) is 15.9. The summed E-state index contributed by atoms with van der Waals surface area (Å²) in [7, 11) is 0. The summed E-state index contributed by atoms with van der Waals surface area (Å²) in [5.74, 6) is 0. The van der Waals surface area contributed by atoms with E-state index in [9.17, 15) is 0 Å². The summed E-state index contributed by atoms with van der Waals surface area (Å²) in [5, 5.41) is 7.68. The van der Waals surface area contributed by atoms with Gasteiger partial charge in [0.2, 0.25) is 0 Å². The summed E-state index contributed by atoms with van der Waals surface area (Å²) < 4.78 is 2.65. The standard InChI is InChI=1S/C59H41NS/c1-59(2)54-25-12-10-21-49(54)50-34-32-43(37-55(50)59)60(42-30-27-39(28-31-42)46-23-14-24-52-51-22-11-13-26-57(51)61-58(46)52)56-36-41(29-33-45(56)38-15-4-3-5-16-38)53-35-40-17-6-7-18-44(40)47-19-8-9-20-48(47)53/h3-37H,1-2H3. The third-order valence-electron chi connectivity index (χ3n) is 13.1. The number of fused-ring (bicyclic) bond motifs is 9. The Labute approximate surface area is 360 Å². The van der Waals surface area contributed by atoms with Crippen LogP contribution in [0, 0.1) is 0 Å². The molecule has 1 heterocycles. The molecule has 10 aromatic carbocycles. The molecule has 0 saturated heterocycles. The van der Waals surface area contributed by atoms with E-state index in [0.717, 1.165) is 17.1 Å². The maximum atomic E-state index is 2.50. The highest BCUT2D eigenvalue weighted by molar-refractivity contribution is 7.26. The average molecular weight is 796 g/mol. The quantitative estimate of drug-likeness (QED) is 0.152. The van der Waals surface area contributed by atoms with Crippen molar-refractivity contribution in [2.24, 2.45) is 0 Å². The highest BCUT2D eigenvalue weighted by atomic mass is 32.1. The van der Waals surface area contributed by atoms with Gasteiger partial charge in [-0.25, -0.2) is 0 Å². The Morgan fingerprint density at radius 2 is 0.967 bits per heavy atom. The Morgan fingerprint density at radius 1 is 0.361 bits per heavy atom. The van der Waals surface area contributed by atoms with Gasteiger partial charge in [-0.1, -0.05) is 184 Å². The van der Waals surface area contributed by atoms with Crippen molar-refractivity contribution in [3.63, 3.8) is 0 Å². The molecule has 0 radical (unpaired) electrons. The first kappa shape index (κ1) is 35.7. The second-order valence-corrected chi connectivity index (χ2v) is 17.9. The van der Waals surface area contributed by atoms with Crippen LogP contribution in [0.5, 0.6) is 0 Å². The van der Waals surface area contributed by atoms with Crippen LogP contribution in [-0.4, -0.2) is 0 Å². The highest BCUT2D eigenvalue weighted by Crippen LogP contribution is 2.52. The average Bonchev–Trinajstić information content (AvgIpc) is 3.81. The number of nitrogens with zero attached hydrogens (tertiary/aromatic N) is 1. The third-order valence-corrected chi connectivity index (χ3v) is 14.3. The molecule has 0 fully saturated rings. The Balaban J connectivity index is 1.09. The highest BCUT2D eigenvalue weighted by Gasteiger charge is 2.36. The molecule has 1 aromatic heterocycles. The van der Waals surface area contributed by atoms with Crippen LogP contribution in [0.15, 0.2) is 212 Å². The second kappa shape index (κ2) is 13.9. The van der Waals surface area contributed by atoms with Crippen molar-refractivity contribution < 1.29 is 0 Å². The van der Waals surface area contributed by atoms with Gasteiger partial charge in [-0.2, -0.15) is 0 Å². The van der Waals surface area contributed by atoms with Crippen molar-refractivity contribution in [2.45, 2.75) is 19.3 Å². The molecule has 0 bridgehead atoms. The Hall–Kier alpha value is -7.26. The van der Waals surface area contributed by atoms with Crippen LogP contribution in [0.1, 0.15) is 25.0 Å². The van der Waals surface area contributed by atoms with Crippen molar-refractivity contribution in [2.75, 3.05) is 4.90 Å². The third kappa shape index (κ3) is 5.67. The maximum Gasteiger partial charge on any atom is 0.0546 e. The summed E-state index contributed by atoms with van der Waals surface area (Å²) in [4.78, 5) is 2.50. The van der Waals surface area contributed by atoms with Gasteiger partial charge in [0, 0.05) is 42.5 Å². The lowest BCUT2D eigenvalue weighted by atomic mass is 9.82. The first-order chi connectivity index (χ1) is 30.0. The minimum Gasteiger partial charge on any atom is -0.310 e. The summed E-state index contributed by atoms with van der Waals surface area (Å²) in [6.07, 6.45) is 0. The van der Waals surface area contributed by atoms with Crippen LogP contribution in [0.3, 0.4) is 0 Å². The normalized spacial score (nSPS) is 12.9. The zero-order chi connectivity index (χ0) is 40.7.